The van der Waals surface area contributed by atoms with Crippen molar-refractivity contribution in [2.24, 2.45) is 5.73 Å². The van der Waals surface area contributed by atoms with Crippen LogP contribution in [0.2, 0.25) is 0 Å². The van der Waals surface area contributed by atoms with Crippen molar-refractivity contribution in [1.82, 2.24) is 30.8 Å². The largest absolute Gasteiger partial charge is 0.483 e. The van der Waals surface area contributed by atoms with E-state index in [-0.39, 0.29) is 13.0 Å². The number of nitrogens with two attached hydrogens (primary N) is 1. The number of phosphoric acid groups is 2. The van der Waals surface area contributed by atoms with Gasteiger partial charge in [0.05, 0.1) is 13.2 Å². The Morgan fingerprint density at radius 2 is 1.54 bits per heavy atom. The van der Waals surface area contributed by atoms with Gasteiger partial charge in [0.1, 0.15) is 66.9 Å². The standard InChI is InChI=1S/C34H55N7O24P2/c1-14(28(50)38-17(7-8-22(45)46)30(52)39-18(32(53)54)6-4-5-10-35)36-29(51)15(2)61-27-23(37-16(3)43)33(63-19(12-42)25(27)48)64-67(58,59)65-66(56,57)60-13-20-24(47)26(49)31(62-20)41-11-9-21(44)40-34(41)55/h9,11,14-15,17-20,23-27,31,33,42,47-49H,4-8,10,12-13,35H2,1-3H3,(H,36,51)(H,37,43)(H,38,50)(H,39,52)(H,45,46)(H,53,54)(H,56,57)(H,58,59)(H,40,44,55). The van der Waals surface area contributed by atoms with E-state index in [1.165, 1.54) is 0 Å². The molecule has 0 aliphatic carbocycles. The van der Waals surface area contributed by atoms with E-state index in [9.17, 15) is 87.9 Å². The van der Waals surface area contributed by atoms with Crippen LogP contribution in [0.25, 0.3) is 0 Å². The lowest BCUT2D eigenvalue weighted by Gasteiger charge is -2.44. The number of ether oxygens (including phenoxy) is 3. The molecule has 3 heterocycles. The number of aromatic nitrogens is 2. The van der Waals surface area contributed by atoms with Crippen molar-refractivity contribution in [2.45, 2.75) is 132 Å². The van der Waals surface area contributed by atoms with Gasteiger partial charge in [0, 0.05) is 25.6 Å². The Balaban J connectivity index is 1.71. The Bertz CT molecular complexity index is 2130. The van der Waals surface area contributed by atoms with Crippen LogP contribution < -0.4 is 38.2 Å². The molecule has 31 nitrogen and oxygen atoms in total. The number of rotatable bonds is 26. The zero-order chi connectivity index (χ0) is 50.6. The fourth-order valence-corrected chi connectivity index (χ4v) is 8.62. The zero-order valence-corrected chi connectivity index (χ0v) is 37.6. The van der Waals surface area contributed by atoms with Gasteiger partial charge in [-0.25, -0.2) is 18.7 Å². The lowest BCUT2D eigenvalue weighted by molar-refractivity contribution is -0.261. The molecule has 15 N–H and O–H groups in total. The Morgan fingerprint density at radius 1 is 0.881 bits per heavy atom. The second kappa shape index (κ2) is 25.2. The minimum atomic E-state index is -5.92. The van der Waals surface area contributed by atoms with Crippen LogP contribution in [0.3, 0.4) is 0 Å². The summed E-state index contributed by atoms with van der Waals surface area (Å²) in [5.41, 5.74) is 3.57. The summed E-state index contributed by atoms with van der Waals surface area (Å²) in [5.74, 6) is -6.91. The summed E-state index contributed by atoms with van der Waals surface area (Å²) in [4.78, 5) is 121. The highest BCUT2D eigenvalue weighted by molar-refractivity contribution is 7.61. The molecule has 2 aliphatic heterocycles. The predicted octanol–water partition coefficient (Wildman–Crippen LogP) is -5.68. The average molecular weight is 1010 g/mol. The number of carboxylic acids is 2. The maximum absolute atomic E-state index is 13.3. The van der Waals surface area contributed by atoms with Gasteiger partial charge in [-0.1, -0.05) is 0 Å². The van der Waals surface area contributed by atoms with Crippen molar-refractivity contribution < 1.29 is 106 Å². The van der Waals surface area contributed by atoms with E-state index >= 15 is 0 Å². The van der Waals surface area contributed by atoms with Gasteiger partial charge in [-0.2, -0.15) is 4.31 Å². The summed E-state index contributed by atoms with van der Waals surface area (Å²) < 4.78 is 56.9. The second-order valence-electron chi connectivity index (χ2n) is 15.1. The smallest absolute Gasteiger partial charge is 0.481 e. The molecule has 2 aliphatic rings. The molecule has 15 unspecified atom stereocenters. The first-order chi connectivity index (χ1) is 31.2. The molecule has 0 bridgehead atoms. The van der Waals surface area contributed by atoms with Crippen molar-refractivity contribution in [3.8, 4) is 0 Å². The molecule has 15 atom stereocenters. The topological polar surface area (TPSA) is 483 Å². The van der Waals surface area contributed by atoms with Gasteiger partial charge < -0.3 is 81.6 Å². The van der Waals surface area contributed by atoms with E-state index in [1.54, 1.807) is 0 Å². The van der Waals surface area contributed by atoms with Crippen LogP contribution in [-0.4, -0.2) is 178 Å². The molecule has 2 saturated heterocycles. The summed E-state index contributed by atoms with van der Waals surface area (Å²) >= 11 is 0. The number of hydrogen-bond donors (Lipinski definition) is 14. The fraction of sp³-hybridized carbons (Fsp3) is 0.706. The number of aliphatic hydroxyl groups is 4. The maximum atomic E-state index is 13.3. The van der Waals surface area contributed by atoms with Crippen molar-refractivity contribution in [3.05, 3.63) is 33.1 Å². The number of hydrogen-bond acceptors (Lipinski definition) is 21. The van der Waals surface area contributed by atoms with E-state index in [2.05, 4.69) is 30.1 Å². The second-order valence-corrected chi connectivity index (χ2v) is 18.1. The third-order valence-corrected chi connectivity index (χ3v) is 12.5. The van der Waals surface area contributed by atoms with Crippen LogP contribution in [0.4, 0.5) is 0 Å². The highest BCUT2D eigenvalue weighted by Gasteiger charge is 2.52. The number of phosphoric ester groups is 2. The Kier molecular flexibility index (Phi) is 21.3. The highest BCUT2D eigenvalue weighted by Crippen LogP contribution is 2.61. The Labute approximate surface area is 378 Å². The first-order valence-electron chi connectivity index (χ1n) is 20.2. The number of H-pyrrole nitrogens is 1. The molecule has 0 spiro atoms. The number of carboxylic acid groups (broad SMARTS) is 2. The number of unbranched alkanes of at least 4 members (excludes halogenated alkanes) is 1. The summed E-state index contributed by atoms with van der Waals surface area (Å²) in [6.07, 6.45) is -16.3. The molecule has 3 rings (SSSR count). The summed E-state index contributed by atoms with van der Waals surface area (Å²) in [6.45, 7) is 1.15. The summed E-state index contributed by atoms with van der Waals surface area (Å²) in [6, 6.07) is -5.54. The molecule has 4 amide bonds. The number of aliphatic hydroxyl groups excluding tert-OH is 4. The van der Waals surface area contributed by atoms with E-state index in [1.807, 2.05) is 4.98 Å². The molecule has 2 fully saturated rings. The minimum absolute atomic E-state index is 0.0302. The normalized spacial score (nSPS) is 27.5. The number of aliphatic carboxylic acids is 2. The lowest BCUT2D eigenvalue weighted by atomic mass is 9.96. The molecule has 0 saturated carbocycles. The SMILES string of the molecule is CC(=O)NC1C(OP(=O)(O)OP(=O)(O)OCC2OC(n3ccc(=O)[nH]c3=O)C(O)C2O)OC(CO)C(O)C1OC(C)C(=O)NC(C)C(=O)NC(CCC(=O)O)C(=O)NC(CCCCN)C(=O)O. The number of nitrogens with one attached hydrogen (secondary N) is 5. The minimum Gasteiger partial charge on any atom is -0.481 e. The fourth-order valence-electron chi connectivity index (χ4n) is 6.45. The Hall–Kier alpha value is -4.56. The number of nitrogens with zero attached hydrogens (tertiary/aromatic N) is 1. The van der Waals surface area contributed by atoms with Crippen LogP contribution in [-0.2, 0) is 65.5 Å². The van der Waals surface area contributed by atoms with E-state index in [4.69, 9.17) is 24.5 Å². The van der Waals surface area contributed by atoms with Gasteiger partial charge in [0.25, 0.3) is 5.56 Å². The van der Waals surface area contributed by atoms with Gasteiger partial charge in [0.2, 0.25) is 23.6 Å². The Morgan fingerprint density at radius 3 is 2.12 bits per heavy atom. The van der Waals surface area contributed by atoms with Crippen molar-refractivity contribution in [3.63, 3.8) is 0 Å². The van der Waals surface area contributed by atoms with Crippen LogP contribution in [0.5, 0.6) is 0 Å². The molecule has 380 valence electrons. The first-order valence-corrected chi connectivity index (χ1v) is 23.2. The molecule has 33 heteroatoms. The number of carbonyl (C=O) groups is 6. The molecule has 0 aromatic carbocycles. The van der Waals surface area contributed by atoms with Crippen LogP contribution in [0, 0.1) is 0 Å². The van der Waals surface area contributed by atoms with Crippen LogP contribution in [0.15, 0.2) is 21.9 Å². The van der Waals surface area contributed by atoms with Crippen molar-refractivity contribution in [2.75, 3.05) is 19.8 Å². The first kappa shape index (κ1) is 56.8. The number of amides is 4. The average Bonchev–Trinajstić information content (AvgIpc) is 3.50. The summed E-state index contributed by atoms with van der Waals surface area (Å²) in [5, 5.41) is 69.5. The zero-order valence-electron chi connectivity index (χ0n) is 35.8. The molecule has 67 heavy (non-hydrogen) atoms. The number of aromatic amines is 1. The third-order valence-electron chi connectivity index (χ3n) is 9.86. The van der Waals surface area contributed by atoms with Gasteiger partial charge in [0.15, 0.2) is 12.5 Å². The molecular formula is C34H55N7O24P2. The monoisotopic (exact) mass is 1010 g/mol. The van der Waals surface area contributed by atoms with Gasteiger partial charge in [-0.3, -0.25) is 47.4 Å². The quantitative estimate of drug-likeness (QED) is 0.0304. The van der Waals surface area contributed by atoms with Crippen LogP contribution >= 0.6 is 15.6 Å². The summed E-state index contributed by atoms with van der Waals surface area (Å²) in [7, 11) is -11.7. The molecule has 1 aromatic rings. The molecule has 0 radical (unpaired) electrons. The number of carbonyl (C=O) groups excluding carboxylic acids is 4. The van der Waals surface area contributed by atoms with Gasteiger partial charge in [-0.05, 0) is 46.1 Å². The maximum Gasteiger partial charge on any atom is 0.483 e. The lowest BCUT2D eigenvalue weighted by Crippen LogP contribution is -2.66. The molecular weight excluding hydrogens is 952 g/mol. The van der Waals surface area contributed by atoms with E-state index in [0.717, 1.165) is 33.0 Å². The molecule has 1 aromatic heterocycles. The van der Waals surface area contributed by atoms with Crippen molar-refractivity contribution in [1.29, 1.82) is 0 Å². The third kappa shape index (κ3) is 16.9. The van der Waals surface area contributed by atoms with Crippen molar-refractivity contribution >= 4 is 51.2 Å². The van der Waals surface area contributed by atoms with E-state index in [0.29, 0.717) is 17.4 Å². The van der Waals surface area contributed by atoms with Crippen LogP contribution in [0.1, 0.15) is 59.1 Å². The predicted molar refractivity (Wildman–Crippen MR) is 218 cm³/mol. The van der Waals surface area contributed by atoms with Gasteiger partial charge >= 0.3 is 33.3 Å². The highest BCUT2D eigenvalue weighted by atomic mass is 31.3. The van der Waals surface area contributed by atoms with E-state index < -0.39 is 168 Å². The van der Waals surface area contributed by atoms with Gasteiger partial charge in [-0.15, -0.1) is 0 Å².